The highest BCUT2D eigenvalue weighted by molar-refractivity contribution is 7.80. The molecule has 0 unspecified atom stereocenters. The summed E-state index contributed by atoms with van der Waals surface area (Å²) in [4.78, 5) is 21.2. The normalized spacial score (nSPS) is 19.8. The monoisotopic (exact) mass is 384 g/mol. The third-order valence-electron chi connectivity index (χ3n) is 4.76. The number of halogens is 2. The number of hydrogen-bond acceptors (Lipinski definition) is 4. The Hall–Kier alpha value is -1.37. The van der Waals surface area contributed by atoms with E-state index in [1.807, 2.05) is 35.8 Å². The quantitative estimate of drug-likeness (QED) is 0.807. The van der Waals surface area contributed by atoms with Crippen LogP contribution in [0.5, 0.6) is 0 Å². The molecule has 2 heterocycles. The van der Waals surface area contributed by atoms with Gasteiger partial charge < -0.3 is 10.2 Å². The second-order valence-corrected chi connectivity index (χ2v) is 7.08. The number of nitrogens with one attached hydrogen (secondary N) is 1. The Morgan fingerprint density at radius 1 is 1.29 bits per heavy atom. The molecule has 0 aliphatic carbocycles. The largest absolute Gasteiger partial charge is 0.334 e. The van der Waals surface area contributed by atoms with Crippen LogP contribution < -0.4 is 10.2 Å². The smallest absolute Gasteiger partial charge is 0.239 e. The lowest BCUT2D eigenvalue weighted by Gasteiger charge is -2.47. The van der Waals surface area contributed by atoms with Gasteiger partial charge in [0.15, 0.2) is 5.11 Å². The molecule has 1 fully saturated rings. The second-order valence-electron chi connectivity index (χ2n) is 5.88. The second kappa shape index (κ2) is 6.50. The van der Waals surface area contributed by atoms with Gasteiger partial charge in [0, 0.05) is 5.69 Å². The van der Waals surface area contributed by atoms with Crippen LogP contribution in [0.1, 0.15) is 26.7 Å². The van der Waals surface area contributed by atoms with E-state index in [0.717, 1.165) is 11.5 Å². The predicted octanol–water partition coefficient (Wildman–Crippen LogP) is 3.65. The van der Waals surface area contributed by atoms with E-state index in [4.69, 9.17) is 40.4 Å². The zero-order valence-electron chi connectivity index (χ0n) is 13.5. The van der Waals surface area contributed by atoms with E-state index in [1.54, 1.807) is 6.07 Å². The zero-order valence-corrected chi connectivity index (χ0v) is 15.8. The van der Waals surface area contributed by atoms with E-state index < -0.39 is 5.41 Å². The molecule has 0 spiro atoms. The zero-order chi connectivity index (χ0) is 17.5. The van der Waals surface area contributed by atoms with Gasteiger partial charge in [0.1, 0.15) is 24.6 Å². The lowest BCUT2D eigenvalue weighted by molar-refractivity contribution is -0.127. The van der Waals surface area contributed by atoms with Crippen LogP contribution in [-0.2, 0) is 4.79 Å². The minimum atomic E-state index is -0.619. The molecule has 0 aromatic heterocycles. The summed E-state index contributed by atoms with van der Waals surface area (Å²) in [5.41, 5.74) is 0.289. The summed E-state index contributed by atoms with van der Waals surface area (Å²) in [6.07, 6.45) is 1.36. The maximum atomic E-state index is 12.5. The molecular formula is C16H18Cl2N4OS. The fourth-order valence-electron chi connectivity index (χ4n) is 3.21. The fraction of sp³-hybridized carbons (Fsp3) is 0.438. The van der Waals surface area contributed by atoms with Gasteiger partial charge in [-0.05, 0) is 43.3 Å². The maximum absolute atomic E-state index is 12.5. The summed E-state index contributed by atoms with van der Waals surface area (Å²) >= 11 is 17.5. The van der Waals surface area contributed by atoms with Crippen molar-refractivity contribution >= 4 is 58.0 Å². The van der Waals surface area contributed by atoms with Gasteiger partial charge in [-0.3, -0.25) is 9.69 Å². The van der Waals surface area contributed by atoms with Crippen molar-refractivity contribution in [2.75, 3.05) is 18.2 Å². The molecule has 0 bridgehead atoms. The highest BCUT2D eigenvalue weighted by Gasteiger charge is 2.49. The first kappa shape index (κ1) is 17.5. The number of amidine groups is 1. The van der Waals surface area contributed by atoms with Crippen LogP contribution in [0, 0.1) is 5.41 Å². The number of nitrogens with zero attached hydrogens (tertiary/aromatic N) is 3. The Morgan fingerprint density at radius 3 is 2.62 bits per heavy atom. The summed E-state index contributed by atoms with van der Waals surface area (Å²) in [5, 5.41) is 4.23. The van der Waals surface area contributed by atoms with Gasteiger partial charge in [-0.25, -0.2) is 4.99 Å². The molecule has 128 valence electrons. The van der Waals surface area contributed by atoms with E-state index in [-0.39, 0.29) is 5.91 Å². The number of anilines is 1. The number of aliphatic imine (C=N–C) groups is 1. The van der Waals surface area contributed by atoms with E-state index in [2.05, 4.69) is 5.32 Å². The van der Waals surface area contributed by atoms with Crippen LogP contribution in [0.2, 0.25) is 10.0 Å². The summed E-state index contributed by atoms with van der Waals surface area (Å²) < 4.78 is 0. The molecule has 3 rings (SSSR count). The number of rotatable bonds is 3. The third kappa shape index (κ3) is 2.66. The molecule has 0 atom stereocenters. The average molecular weight is 385 g/mol. The molecule has 0 saturated carbocycles. The number of carbonyl (C=O) groups is 1. The Bertz CT molecular complexity index is 733. The Labute approximate surface area is 156 Å². The summed E-state index contributed by atoms with van der Waals surface area (Å²) in [6.45, 7) is 4.96. The molecule has 1 saturated heterocycles. The SMILES string of the molecule is CCC1(CC)C(=O)NC(=S)N2CN(c3ccc(Cl)c(Cl)c3)CN=C21. The number of thiocarbonyl (C=S) groups is 1. The highest BCUT2D eigenvalue weighted by Crippen LogP contribution is 2.36. The maximum Gasteiger partial charge on any atom is 0.239 e. The molecule has 24 heavy (non-hydrogen) atoms. The molecule has 8 heteroatoms. The van der Waals surface area contributed by atoms with Crippen LogP contribution in [0.25, 0.3) is 0 Å². The van der Waals surface area contributed by atoms with E-state index in [9.17, 15) is 4.79 Å². The van der Waals surface area contributed by atoms with Gasteiger partial charge in [0.05, 0.1) is 10.0 Å². The van der Waals surface area contributed by atoms with Crippen LogP contribution in [0.15, 0.2) is 23.2 Å². The molecule has 0 radical (unpaired) electrons. The number of amides is 1. The molecule has 2 aliphatic rings. The van der Waals surface area contributed by atoms with Crippen molar-refractivity contribution in [2.24, 2.45) is 10.4 Å². The van der Waals surface area contributed by atoms with Crippen molar-refractivity contribution in [1.82, 2.24) is 10.2 Å². The fourth-order valence-corrected chi connectivity index (χ4v) is 3.74. The summed E-state index contributed by atoms with van der Waals surface area (Å²) in [5.74, 6) is 0.702. The van der Waals surface area contributed by atoms with Crippen LogP contribution >= 0.6 is 35.4 Å². The van der Waals surface area contributed by atoms with Gasteiger partial charge in [-0.2, -0.15) is 0 Å². The number of benzene rings is 1. The molecule has 1 aromatic rings. The molecule has 1 N–H and O–H groups in total. The van der Waals surface area contributed by atoms with Crippen molar-refractivity contribution in [3.05, 3.63) is 28.2 Å². The molecule has 1 amide bonds. The van der Waals surface area contributed by atoms with E-state index in [1.165, 1.54) is 0 Å². The van der Waals surface area contributed by atoms with Gasteiger partial charge >= 0.3 is 0 Å². The minimum absolute atomic E-state index is 0.0597. The number of carbonyl (C=O) groups excluding carboxylic acids is 1. The first-order chi connectivity index (χ1) is 11.4. The Kier molecular flexibility index (Phi) is 4.73. The Morgan fingerprint density at radius 2 is 2.00 bits per heavy atom. The topological polar surface area (TPSA) is 47.9 Å². The highest BCUT2D eigenvalue weighted by atomic mass is 35.5. The third-order valence-corrected chi connectivity index (χ3v) is 5.82. The Balaban J connectivity index is 1.97. The van der Waals surface area contributed by atoms with Crippen LogP contribution in [0.3, 0.4) is 0 Å². The first-order valence-electron chi connectivity index (χ1n) is 7.80. The van der Waals surface area contributed by atoms with Gasteiger partial charge in [-0.15, -0.1) is 0 Å². The van der Waals surface area contributed by atoms with Crippen molar-refractivity contribution in [1.29, 1.82) is 0 Å². The number of fused-ring (bicyclic) bond motifs is 1. The van der Waals surface area contributed by atoms with E-state index in [0.29, 0.717) is 41.3 Å². The lowest BCUT2D eigenvalue weighted by atomic mass is 9.78. The van der Waals surface area contributed by atoms with Crippen molar-refractivity contribution in [3.8, 4) is 0 Å². The summed E-state index contributed by atoms with van der Waals surface area (Å²) in [7, 11) is 0. The molecular weight excluding hydrogens is 367 g/mol. The standard InChI is InChI=1S/C16H18Cl2N4OS/c1-3-16(4-2)13-19-8-21(9-22(13)15(24)20-14(16)23)10-5-6-11(17)12(18)7-10/h5-7H,3-4,8-9H2,1-2H3,(H,20,23,24). The minimum Gasteiger partial charge on any atom is -0.334 e. The predicted molar refractivity (Wildman–Crippen MR) is 102 cm³/mol. The summed E-state index contributed by atoms with van der Waals surface area (Å²) in [6, 6.07) is 5.47. The van der Waals surface area contributed by atoms with Gasteiger partial charge in [-0.1, -0.05) is 37.0 Å². The van der Waals surface area contributed by atoms with Crippen molar-refractivity contribution in [3.63, 3.8) is 0 Å². The van der Waals surface area contributed by atoms with Crippen molar-refractivity contribution in [2.45, 2.75) is 26.7 Å². The first-order valence-corrected chi connectivity index (χ1v) is 8.97. The van der Waals surface area contributed by atoms with Gasteiger partial charge in [0.25, 0.3) is 0 Å². The number of hydrogen-bond donors (Lipinski definition) is 1. The van der Waals surface area contributed by atoms with Crippen LogP contribution in [-0.4, -0.2) is 35.1 Å². The molecule has 5 nitrogen and oxygen atoms in total. The van der Waals surface area contributed by atoms with Gasteiger partial charge in [0.2, 0.25) is 5.91 Å². The molecule has 2 aliphatic heterocycles. The average Bonchev–Trinajstić information content (AvgIpc) is 2.58. The molecule has 1 aromatic carbocycles. The van der Waals surface area contributed by atoms with Crippen molar-refractivity contribution < 1.29 is 4.79 Å². The lowest BCUT2D eigenvalue weighted by Crippen LogP contribution is -2.66. The van der Waals surface area contributed by atoms with E-state index >= 15 is 0 Å². The van der Waals surface area contributed by atoms with Crippen LogP contribution in [0.4, 0.5) is 5.69 Å².